The maximum atomic E-state index is 2.50. The van der Waals surface area contributed by atoms with Gasteiger partial charge in [-0.25, -0.2) is 0 Å². The molecule has 0 aromatic carbocycles. The van der Waals surface area contributed by atoms with Gasteiger partial charge in [0.25, 0.3) is 0 Å². The summed E-state index contributed by atoms with van der Waals surface area (Å²) in [4.78, 5) is 0. The molecule has 0 aromatic rings. The van der Waals surface area contributed by atoms with Crippen LogP contribution in [-0.4, -0.2) is 13.3 Å². The topological polar surface area (TPSA) is 0 Å². The van der Waals surface area contributed by atoms with Crippen molar-refractivity contribution in [3.8, 4) is 0 Å². The molecule has 0 saturated carbocycles. The monoisotopic (exact) mass is 230 g/mol. The van der Waals surface area contributed by atoms with E-state index < -0.39 is 13.3 Å². The number of hydrogen-bond donors (Lipinski definition) is 0. The van der Waals surface area contributed by atoms with Gasteiger partial charge in [0.05, 0.1) is 0 Å². The van der Waals surface area contributed by atoms with Crippen LogP contribution in [0.3, 0.4) is 0 Å². The molecule has 72 valence electrons. The Kier molecular flexibility index (Phi) is 2.97. The molecule has 1 aliphatic rings. The normalized spacial score (nSPS) is 23.5. The van der Waals surface area contributed by atoms with Crippen molar-refractivity contribution in [3.05, 3.63) is 0 Å². The van der Waals surface area contributed by atoms with Gasteiger partial charge >= 0.3 is 80.2 Å². The first kappa shape index (κ1) is 10.6. The van der Waals surface area contributed by atoms with E-state index in [0.717, 1.165) is 4.75 Å². The molecule has 1 aliphatic heterocycles. The van der Waals surface area contributed by atoms with E-state index in [2.05, 4.69) is 34.6 Å². The predicted octanol–water partition coefficient (Wildman–Crippen LogP) is 4.44. The van der Waals surface area contributed by atoms with Crippen LogP contribution >= 0.6 is 0 Å². The van der Waals surface area contributed by atoms with E-state index in [4.69, 9.17) is 0 Å². The second kappa shape index (κ2) is 3.36. The molecular formula is C11H24Ge. The fourth-order valence-corrected chi connectivity index (χ4v) is 16.6. The average molecular weight is 229 g/mol. The van der Waals surface area contributed by atoms with Crippen LogP contribution in [0.4, 0.5) is 0 Å². The van der Waals surface area contributed by atoms with Crippen LogP contribution in [0.15, 0.2) is 0 Å². The van der Waals surface area contributed by atoms with Gasteiger partial charge in [0.2, 0.25) is 0 Å². The molecule has 1 rings (SSSR count). The van der Waals surface area contributed by atoms with Crippen molar-refractivity contribution in [3.63, 3.8) is 0 Å². The van der Waals surface area contributed by atoms with Crippen molar-refractivity contribution < 1.29 is 0 Å². The van der Waals surface area contributed by atoms with Gasteiger partial charge in [0.1, 0.15) is 0 Å². The molecule has 1 heteroatoms. The molecule has 0 unspecified atom stereocenters. The predicted molar refractivity (Wildman–Crippen MR) is 59.4 cm³/mol. The summed E-state index contributed by atoms with van der Waals surface area (Å²) >= 11 is -1.45. The van der Waals surface area contributed by atoms with E-state index in [1.54, 1.807) is 10.5 Å². The summed E-state index contributed by atoms with van der Waals surface area (Å²) in [6.45, 7) is 12.5. The SMILES string of the molecule is C[CH](C)[Ge]1([C](C)(C)C)[CH2]CC[CH2]1. The van der Waals surface area contributed by atoms with Gasteiger partial charge in [-0.1, -0.05) is 0 Å². The minimum atomic E-state index is -1.45. The third kappa shape index (κ3) is 1.59. The van der Waals surface area contributed by atoms with Gasteiger partial charge in [0, 0.05) is 0 Å². The summed E-state index contributed by atoms with van der Waals surface area (Å²) in [5.74, 6) is 0. The van der Waals surface area contributed by atoms with E-state index in [9.17, 15) is 0 Å². The zero-order valence-corrected chi connectivity index (χ0v) is 11.5. The molecule has 0 spiro atoms. The first-order chi connectivity index (χ1) is 5.40. The summed E-state index contributed by atoms with van der Waals surface area (Å²) < 4.78 is 1.72. The van der Waals surface area contributed by atoms with Gasteiger partial charge < -0.3 is 0 Å². The fraction of sp³-hybridized carbons (Fsp3) is 1.00. The van der Waals surface area contributed by atoms with Crippen molar-refractivity contribution in [2.75, 3.05) is 0 Å². The zero-order chi connectivity index (χ0) is 9.41. The molecule has 0 aromatic heterocycles. The Bertz CT molecular complexity index is 147. The van der Waals surface area contributed by atoms with Gasteiger partial charge in [0.15, 0.2) is 0 Å². The number of hydrogen-bond acceptors (Lipinski definition) is 0. The van der Waals surface area contributed by atoms with Crippen molar-refractivity contribution in [2.45, 2.75) is 67.0 Å². The van der Waals surface area contributed by atoms with Crippen LogP contribution < -0.4 is 0 Å². The Hall–Kier alpha value is 0.543. The van der Waals surface area contributed by atoms with E-state index in [-0.39, 0.29) is 0 Å². The summed E-state index contributed by atoms with van der Waals surface area (Å²) in [6, 6.07) is 0. The standard InChI is InChI=1S/C11H24Ge/c1-10(2)12(11(3,4)5)8-6-7-9-12/h10H,6-9H2,1-5H3. The molecule has 1 saturated heterocycles. The molecule has 0 radical (unpaired) electrons. The van der Waals surface area contributed by atoms with Crippen molar-refractivity contribution in [1.82, 2.24) is 0 Å². The van der Waals surface area contributed by atoms with E-state index in [1.165, 1.54) is 12.8 Å². The number of rotatable bonds is 1. The Balaban J connectivity index is 2.87. The third-order valence-electron chi connectivity index (χ3n) is 4.09. The molecule has 1 fully saturated rings. The summed E-state index contributed by atoms with van der Waals surface area (Å²) in [5, 5.41) is 3.28. The van der Waals surface area contributed by atoms with Gasteiger partial charge in [-0.3, -0.25) is 0 Å². The summed E-state index contributed by atoms with van der Waals surface area (Å²) in [7, 11) is 0. The second-order valence-corrected chi connectivity index (χ2v) is 18.3. The van der Waals surface area contributed by atoms with E-state index in [0.29, 0.717) is 4.25 Å². The minimum absolute atomic E-state index is 0.685. The zero-order valence-electron chi connectivity index (χ0n) is 9.41. The molecule has 0 aliphatic carbocycles. The van der Waals surface area contributed by atoms with Crippen molar-refractivity contribution in [1.29, 1.82) is 0 Å². The van der Waals surface area contributed by atoms with Gasteiger partial charge in [-0.2, -0.15) is 0 Å². The maximum absolute atomic E-state index is 2.50. The first-order valence-corrected chi connectivity index (χ1v) is 10.6. The fourth-order valence-electron chi connectivity index (χ4n) is 3.20. The molecule has 0 atom stereocenters. The Morgan fingerprint density at radius 2 is 1.42 bits per heavy atom. The quantitative estimate of drug-likeness (QED) is 0.583. The summed E-state index contributed by atoms with van der Waals surface area (Å²) in [5.41, 5.74) is 0. The average Bonchev–Trinajstić information content (AvgIpc) is 2.31. The van der Waals surface area contributed by atoms with E-state index in [1.807, 2.05) is 0 Å². The molecule has 0 bridgehead atoms. The van der Waals surface area contributed by atoms with Crippen molar-refractivity contribution in [2.24, 2.45) is 0 Å². The van der Waals surface area contributed by atoms with E-state index >= 15 is 0 Å². The first-order valence-electron chi connectivity index (χ1n) is 5.40. The van der Waals surface area contributed by atoms with Crippen LogP contribution in [0.1, 0.15) is 47.5 Å². The molecule has 0 amide bonds. The van der Waals surface area contributed by atoms with Crippen molar-refractivity contribution >= 4 is 13.3 Å². The molecular weight excluding hydrogens is 205 g/mol. The Labute approximate surface area is 80.5 Å². The Morgan fingerprint density at radius 3 is 1.58 bits per heavy atom. The molecule has 1 heterocycles. The molecule has 0 nitrogen and oxygen atoms in total. The summed E-state index contributed by atoms with van der Waals surface area (Å²) in [6.07, 6.45) is 3.07. The second-order valence-electron chi connectivity index (χ2n) is 5.77. The molecule has 12 heavy (non-hydrogen) atoms. The molecule has 0 N–H and O–H groups in total. The van der Waals surface area contributed by atoms with Crippen LogP contribution in [0.5, 0.6) is 0 Å². The van der Waals surface area contributed by atoms with Crippen LogP contribution in [0.25, 0.3) is 0 Å². The van der Waals surface area contributed by atoms with Gasteiger partial charge in [-0.15, -0.1) is 0 Å². The van der Waals surface area contributed by atoms with Gasteiger partial charge in [-0.05, 0) is 0 Å². The van der Waals surface area contributed by atoms with Crippen LogP contribution in [-0.2, 0) is 0 Å². The Morgan fingerprint density at radius 1 is 1.00 bits per heavy atom. The third-order valence-corrected chi connectivity index (χ3v) is 20.2. The van der Waals surface area contributed by atoms with Crippen LogP contribution in [0, 0.1) is 0 Å². The van der Waals surface area contributed by atoms with Crippen LogP contribution in [0.2, 0.25) is 19.5 Å².